The average Bonchev–Trinajstić information content (AvgIpc) is 3.56. The van der Waals surface area contributed by atoms with E-state index in [-0.39, 0.29) is 18.2 Å². The Bertz CT molecular complexity index is 1480. The number of benzene rings is 1. The zero-order valence-corrected chi connectivity index (χ0v) is 23.2. The van der Waals surface area contributed by atoms with E-state index in [2.05, 4.69) is 30.5 Å². The smallest absolute Gasteiger partial charge is 0.231 e. The monoisotopic (exact) mass is 570 g/mol. The molecule has 5 rings (SSSR count). The molecule has 1 saturated carbocycles. The fraction of sp³-hybridized carbons (Fsp3) is 0.462. The predicted octanol–water partition coefficient (Wildman–Crippen LogP) is 3.37. The van der Waals surface area contributed by atoms with Gasteiger partial charge in [-0.25, -0.2) is 32.2 Å². The average molecular weight is 571 g/mol. The second kappa shape index (κ2) is 11.6. The van der Waals surface area contributed by atoms with Crippen molar-refractivity contribution in [2.24, 2.45) is 0 Å². The number of anilines is 1. The number of sulfonamides is 1. The summed E-state index contributed by atoms with van der Waals surface area (Å²) in [5, 5.41) is 21.7. The largest absolute Gasteiger partial charge is 0.392 e. The molecule has 0 amide bonds. The van der Waals surface area contributed by atoms with Crippen LogP contribution in [0, 0.1) is 6.57 Å². The number of piperidine rings is 1. The molecular weight excluding hydrogens is 540 g/mol. The standard InChI is InChI=1S/C26H31ClN8O3S/c1-28-22-15-30-26(32-19-8-10-34(11-9-19)39(2,37)38)33-25(22)18-14-31-35(16-18)23-7-6-17(12-20(23)27)13-29-21-4-3-5-24(21)36/h6-7,12,14-16,19,21,24,29,36H,3-5,8-11,13H2,2H3,(H,30,32,33)/t21-,24-/m1/s1. The molecule has 11 nitrogen and oxygen atoms in total. The van der Waals surface area contributed by atoms with Gasteiger partial charge < -0.3 is 15.7 Å². The molecule has 3 heterocycles. The van der Waals surface area contributed by atoms with Crippen molar-refractivity contribution in [3.8, 4) is 16.9 Å². The summed E-state index contributed by atoms with van der Waals surface area (Å²) >= 11 is 6.61. The number of aliphatic hydroxyl groups excluding tert-OH is 1. The van der Waals surface area contributed by atoms with Crippen LogP contribution in [0.5, 0.6) is 0 Å². The SMILES string of the molecule is [C-]#[N+]c1cnc(NC2CCN(S(C)(=O)=O)CC2)nc1-c1cnn(-c2ccc(CN[C@@H]3CCC[C@H]3O)cc2Cl)c1. The number of hydrogen-bond acceptors (Lipinski definition) is 8. The highest BCUT2D eigenvalue weighted by Crippen LogP contribution is 2.31. The number of aromatic nitrogens is 4. The minimum Gasteiger partial charge on any atom is -0.392 e. The molecule has 2 fully saturated rings. The molecule has 0 spiro atoms. The summed E-state index contributed by atoms with van der Waals surface area (Å²) in [6.07, 6.45) is 9.94. The summed E-state index contributed by atoms with van der Waals surface area (Å²) in [5.74, 6) is 0.380. The van der Waals surface area contributed by atoms with Crippen molar-refractivity contribution >= 4 is 33.3 Å². The van der Waals surface area contributed by atoms with E-state index >= 15 is 0 Å². The van der Waals surface area contributed by atoms with Crippen LogP contribution in [0.3, 0.4) is 0 Å². The first kappa shape index (κ1) is 27.5. The fourth-order valence-electron chi connectivity index (χ4n) is 5.10. The van der Waals surface area contributed by atoms with Crippen LogP contribution in [0.25, 0.3) is 21.8 Å². The number of aliphatic hydroxyl groups is 1. The molecule has 2 atom stereocenters. The van der Waals surface area contributed by atoms with Crippen molar-refractivity contribution in [2.75, 3.05) is 24.7 Å². The van der Waals surface area contributed by atoms with E-state index in [0.29, 0.717) is 66.1 Å². The van der Waals surface area contributed by atoms with Crippen molar-refractivity contribution in [1.29, 1.82) is 0 Å². The van der Waals surface area contributed by atoms with E-state index in [9.17, 15) is 13.5 Å². The predicted molar refractivity (Wildman–Crippen MR) is 149 cm³/mol. The third-order valence-electron chi connectivity index (χ3n) is 7.31. The number of hydrogen-bond donors (Lipinski definition) is 3. The van der Waals surface area contributed by atoms with Crippen LogP contribution in [0.15, 0.2) is 36.8 Å². The first-order valence-corrected chi connectivity index (χ1v) is 15.2. The van der Waals surface area contributed by atoms with Crippen LogP contribution in [0.4, 0.5) is 11.6 Å². The highest BCUT2D eigenvalue weighted by Gasteiger charge is 2.26. The summed E-state index contributed by atoms with van der Waals surface area (Å²) in [6, 6.07) is 5.90. The zero-order chi connectivity index (χ0) is 27.6. The van der Waals surface area contributed by atoms with E-state index in [4.69, 9.17) is 18.2 Å². The second-order valence-corrected chi connectivity index (χ2v) is 12.5. The summed E-state index contributed by atoms with van der Waals surface area (Å²) < 4.78 is 26.7. The Balaban J connectivity index is 1.29. The molecule has 39 heavy (non-hydrogen) atoms. The molecule has 0 unspecified atom stereocenters. The molecule has 206 valence electrons. The van der Waals surface area contributed by atoms with Crippen molar-refractivity contribution in [3.05, 3.63) is 58.8 Å². The number of nitrogens with zero attached hydrogens (tertiary/aromatic N) is 6. The zero-order valence-electron chi connectivity index (χ0n) is 21.6. The van der Waals surface area contributed by atoms with Gasteiger partial charge in [0.2, 0.25) is 21.7 Å². The molecule has 3 aromatic rings. The molecule has 1 aliphatic carbocycles. The Kier molecular flexibility index (Phi) is 8.16. The first-order valence-electron chi connectivity index (χ1n) is 12.9. The Morgan fingerprint density at radius 2 is 2.00 bits per heavy atom. The molecule has 0 bridgehead atoms. The molecule has 1 saturated heterocycles. The van der Waals surface area contributed by atoms with Gasteiger partial charge in [-0.3, -0.25) is 0 Å². The Morgan fingerprint density at radius 1 is 1.21 bits per heavy atom. The summed E-state index contributed by atoms with van der Waals surface area (Å²) in [7, 11) is -3.20. The lowest BCUT2D eigenvalue weighted by Crippen LogP contribution is -2.42. The van der Waals surface area contributed by atoms with Crippen molar-refractivity contribution in [3.63, 3.8) is 0 Å². The van der Waals surface area contributed by atoms with Gasteiger partial charge in [-0.05, 0) is 49.8 Å². The quantitative estimate of drug-likeness (QED) is 0.352. The van der Waals surface area contributed by atoms with Gasteiger partial charge in [0.1, 0.15) is 0 Å². The van der Waals surface area contributed by atoms with Gasteiger partial charge >= 0.3 is 0 Å². The maximum Gasteiger partial charge on any atom is 0.231 e. The van der Waals surface area contributed by atoms with Crippen molar-refractivity contribution in [2.45, 2.75) is 56.8 Å². The van der Waals surface area contributed by atoms with Gasteiger partial charge in [0, 0.05) is 49.7 Å². The normalized spacial score (nSPS) is 20.7. The van der Waals surface area contributed by atoms with E-state index in [1.165, 1.54) is 16.8 Å². The summed E-state index contributed by atoms with van der Waals surface area (Å²) in [5.41, 5.74) is 3.11. The summed E-state index contributed by atoms with van der Waals surface area (Å²) in [6.45, 7) is 9.07. The lowest BCUT2D eigenvalue weighted by atomic mass is 10.1. The topological polar surface area (TPSA) is 130 Å². The molecule has 13 heteroatoms. The van der Waals surface area contributed by atoms with Crippen LogP contribution in [0.1, 0.15) is 37.7 Å². The van der Waals surface area contributed by atoms with Crippen LogP contribution in [-0.2, 0) is 16.6 Å². The maximum absolute atomic E-state index is 11.8. The van der Waals surface area contributed by atoms with Crippen LogP contribution in [0.2, 0.25) is 5.02 Å². The van der Waals surface area contributed by atoms with Gasteiger partial charge in [0.25, 0.3) is 0 Å². The van der Waals surface area contributed by atoms with Gasteiger partial charge in [-0.2, -0.15) is 5.10 Å². The van der Waals surface area contributed by atoms with Gasteiger partial charge in [0.05, 0.1) is 41.5 Å². The Hall–Kier alpha value is -3.08. The Labute approximate surface area is 233 Å². The highest BCUT2D eigenvalue weighted by molar-refractivity contribution is 7.88. The fourth-order valence-corrected chi connectivity index (χ4v) is 6.27. The van der Waals surface area contributed by atoms with Crippen LogP contribution >= 0.6 is 11.6 Å². The van der Waals surface area contributed by atoms with E-state index in [1.54, 1.807) is 17.1 Å². The number of halogens is 1. The van der Waals surface area contributed by atoms with Crippen LogP contribution < -0.4 is 10.6 Å². The highest BCUT2D eigenvalue weighted by atomic mass is 35.5. The van der Waals surface area contributed by atoms with Gasteiger partial charge in [-0.15, -0.1) is 0 Å². The lowest BCUT2D eigenvalue weighted by molar-refractivity contribution is 0.148. The van der Waals surface area contributed by atoms with Gasteiger partial charge in [-0.1, -0.05) is 17.7 Å². The van der Waals surface area contributed by atoms with Crippen molar-refractivity contribution in [1.82, 2.24) is 29.4 Å². The van der Waals surface area contributed by atoms with Crippen LogP contribution in [-0.4, -0.2) is 75.1 Å². The lowest BCUT2D eigenvalue weighted by Gasteiger charge is -2.30. The second-order valence-electron chi connectivity index (χ2n) is 10.1. The third kappa shape index (κ3) is 6.40. The van der Waals surface area contributed by atoms with Crippen molar-refractivity contribution < 1.29 is 13.5 Å². The molecule has 3 N–H and O–H groups in total. The number of nitrogens with one attached hydrogen (secondary N) is 2. The third-order valence-corrected chi connectivity index (χ3v) is 8.91. The molecular formula is C26H31ClN8O3S. The van der Waals surface area contributed by atoms with E-state index in [1.807, 2.05) is 18.2 Å². The maximum atomic E-state index is 11.8. The minimum atomic E-state index is -3.20. The number of rotatable bonds is 8. The first-order chi connectivity index (χ1) is 18.7. The molecule has 2 aromatic heterocycles. The molecule has 1 aliphatic heterocycles. The van der Waals surface area contributed by atoms with E-state index in [0.717, 1.165) is 24.8 Å². The molecule has 2 aliphatic rings. The summed E-state index contributed by atoms with van der Waals surface area (Å²) in [4.78, 5) is 12.5. The minimum absolute atomic E-state index is 0.0288. The molecule has 0 radical (unpaired) electrons. The van der Waals surface area contributed by atoms with E-state index < -0.39 is 10.0 Å². The Morgan fingerprint density at radius 3 is 2.67 bits per heavy atom. The van der Waals surface area contributed by atoms with Gasteiger partial charge in [0.15, 0.2) is 0 Å². The molecule has 1 aromatic carbocycles.